The highest BCUT2D eigenvalue weighted by atomic mass is 16.5. The number of para-hydroxylation sites is 2. The summed E-state index contributed by atoms with van der Waals surface area (Å²) in [4.78, 5) is 13.9. The third-order valence-electron chi connectivity index (χ3n) is 4.03. The molecule has 21 heavy (non-hydrogen) atoms. The lowest BCUT2D eigenvalue weighted by Gasteiger charge is -2.25. The van der Waals surface area contributed by atoms with Crippen LogP contribution in [0.15, 0.2) is 24.3 Å². The average molecular weight is 291 g/mol. The molecular formula is C16H25N3O2. The number of carbonyl (C=O) groups excluding carboxylic acids is 1. The normalized spacial score (nSPS) is 15.5. The van der Waals surface area contributed by atoms with E-state index in [1.54, 1.807) is 12.0 Å². The molecule has 0 aliphatic carbocycles. The zero-order chi connectivity index (χ0) is 15.1. The molecule has 2 N–H and O–H groups in total. The second-order valence-corrected chi connectivity index (χ2v) is 5.53. The smallest absolute Gasteiger partial charge is 0.321 e. The van der Waals surface area contributed by atoms with Crippen LogP contribution >= 0.6 is 0 Å². The van der Waals surface area contributed by atoms with Crippen molar-refractivity contribution in [2.75, 3.05) is 39.1 Å². The van der Waals surface area contributed by atoms with Gasteiger partial charge in [-0.2, -0.15) is 0 Å². The molecule has 0 bridgehead atoms. The first kappa shape index (κ1) is 15.6. The molecule has 1 aromatic rings. The molecule has 0 spiro atoms. The van der Waals surface area contributed by atoms with E-state index in [-0.39, 0.29) is 6.03 Å². The van der Waals surface area contributed by atoms with Gasteiger partial charge in [0.25, 0.3) is 0 Å². The van der Waals surface area contributed by atoms with Crippen molar-refractivity contribution in [3.63, 3.8) is 0 Å². The van der Waals surface area contributed by atoms with Gasteiger partial charge in [0, 0.05) is 13.6 Å². The average Bonchev–Trinajstić information content (AvgIpc) is 2.54. The summed E-state index contributed by atoms with van der Waals surface area (Å²) in [6.07, 6.45) is 3.49. The van der Waals surface area contributed by atoms with E-state index < -0.39 is 0 Å². The summed E-state index contributed by atoms with van der Waals surface area (Å²) >= 11 is 0. The third-order valence-corrected chi connectivity index (χ3v) is 4.03. The summed E-state index contributed by atoms with van der Waals surface area (Å²) in [5.74, 6) is 1.41. The number of piperidine rings is 1. The molecule has 0 saturated carbocycles. The van der Waals surface area contributed by atoms with Gasteiger partial charge in [-0.15, -0.1) is 0 Å². The van der Waals surface area contributed by atoms with Gasteiger partial charge in [0.1, 0.15) is 5.75 Å². The Labute approximate surface area is 126 Å². The Morgan fingerprint density at radius 3 is 2.81 bits per heavy atom. The first-order valence-corrected chi connectivity index (χ1v) is 7.56. The first-order valence-electron chi connectivity index (χ1n) is 7.56. The lowest BCUT2D eigenvalue weighted by molar-refractivity contribution is 0.216. The predicted octanol–water partition coefficient (Wildman–Crippen LogP) is 2.55. The number of nitrogens with one attached hydrogen (secondary N) is 2. The molecule has 2 amide bonds. The minimum Gasteiger partial charge on any atom is -0.495 e. The van der Waals surface area contributed by atoms with Gasteiger partial charge in [-0.3, -0.25) is 0 Å². The highest BCUT2D eigenvalue weighted by Crippen LogP contribution is 2.23. The van der Waals surface area contributed by atoms with Crippen molar-refractivity contribution in [2.24, 2.45) is 5.92 Å². The van der Waals surface area contributed by atoms with Gasteiger partial charge in [-0.1, -0.05) is 12.1 Å². The number of benzene rings is 1. The van der Waals surface area contributed by atoms with Crippen LogP contribution < -0.4 is 15.4 Å². The molecule has 1 fully saturated rings. The van der Waals surface area contributed by atoms with Gasteiger partial charge in [0.05, 0.1) is 12.8 Å². The lowest BCUT2D eigenvalue weighted by atomic mass is 9.94. The number of carbonyl (C=O) groups is 1. The van der Waals surface area contributed by atoms with E-state index in [1.807, 2.05) is 31.3 Å². The number of nitrogens with zero attached hydrogens (tertiary/aromatic N) is 1. The lowest BCUT2D eigenvalue weighted by Crippen LogP contribution is -2.35. The fourth-order valence-corrected chi connectivity index (χ4v) is 2.61. The molecule has 1 aromatic carbocycles. The van der Waals surface area contributed by atoms with E-state index in [1.165, 1.54) is 12.8 Å². The molecule has 1 aliphatic heterocycles. The fraction of sp³-hybridized carbons (Fsp3) is 0.562. The third kappa shape index (κ3) is 4.63. The van der Waals surface area contributed by atoms with Crippen molar-refractivity contribution in [3.8, 4) is 5.75 Å². The second-order valence-electron chi connectivity index (χ2n) is 5.53. The Morgan fingerprint density at radius 2 is 2.10 bits per heavy atom. The molecule has 0 atom stereocenters. The highest BCUT2D eigenvalue weighted by Gasteiger charge is 2.16. The van der Waals surface area contributed by atoms with E-state index in [2.05, 4.69) is 10.6 Å². The Morgan fingerprint density at radius 1 is 1.38 bits per heavy atom. The molecule has 5 heteroatoms. The second kappa shape index (κ2) is 7.88. The molecular weight excluding hydrogens is 266 g/mol. The number of anilines is 1. The quantitative estimate of drug-likeness (QED) is 0.876. The van der Waals surface area contributed by atoms with Gasteiger partial charge < -0.3 is 20.3 Å². The monoisotopic (exact) mass is 291 g/mol. The van der Waals surface area contributed by atoms with Crippen LogP contribution in [-0.4, -0.2) is 44.7 Å². The molecule has 1 saturated heterocycles. The van der Waals surface area contributed by atoms with E-state index in [0.29, 0.717) is 11.4 Å². The van der Waals surface area contributed by atoms with Crippen LogP contribution in [0.5, 0.6) is 5.75 Å². The van der Waals surface area contributed by atoms with Gasteiger partial charge in [0.2, 0.25) is 0 Å². The van der Waals surface area contributed by atoms with E-state index in [9.17, 15) is 4.79 Å². The number of amides is 2. The van der Waals surface area contributed by atoms with Crippen LogP contribution in [0.3, 0.4) is 0 Å². The fourth-order valence-electron chi connectivity index (χ4n) is 2.61. The molecule has 0 radical (unpaired) electrons. The Kier molecular flexibility index (Phi) is 5.87. The van der Waals surface area contributed by atoms with Crippen molar-refractivity contribution >= 4 is 11.7 Å². The summed E-state index contributed by atoms with van der Waals surface area (Å²) in [7, 11) is 3.44. The standard InChI is InChI=1S/C16H25N3O2/c1-19(12-9-13-7-10-17-11-8-13)16(20)18-14-5-3-4-6-15(14)21-2/h3-6,13,17H,7-12H2,1-2H3,(H,18,20). The zero-order valence-electron chi connectivity index (χ0n) is 12.9. The van der Waals surface area contributed by atoms with Crippen molar-refractivity contribution in [3.05, 3.63) is 24.3 Å². The van der Waals surface area contributed by atoms with Crippen LogP contribution in [0, 0.1) is 5.92 Å². The van der Waals surface area contributed by atoms with Crippen LogP contribution in [0.25, 0.3) is 0 Å². The number of methoxy groups -OCH3 is 1. The van der Waals surface area contributed by atoms with E-state index in [4.69, 9.17) is 4.74 Å². The SMILES string of the molecule is COc1ccccc1NC(=O)N(C)CCC1CCNCC1. The van der Waals surface area contributed by atoms with Crippen molar-refractivity contribution in [2.45, 2.75) is 19.3 Å². The van der Waals surface area contributed by atoms with Crippen LogP contribution in [0.2, 0.25) is 0 Å². The van der Waals surface area contributed by atoms with Crippen molar-refractivity contribution < 1.29 is 9.53 Å². The predicted molar refractivity (Wildman–Crippen MR) is 84.9 cm³/mol. The van der Waals surface area contributed by atoms with Crippen LogP contribution in [0.4, 0.5) is 10.5 Å². The van der Waals surface area contributed by atoms with Crippen molar-refractivity contribution in [1.82, 2.24) is 10.2 Å². The number of hydrogen-bond acceptors (Lipinski definition) is 3. The Hall–Kier alpha value is -1.75. The topological polar surface area (TPSA) is 53.6 Å². The molecule has 2 rings (SSSR count). The molecule has 0 aromatic heterocycles. The maximum atomic E-state index is 12.2. The molecule has 0 unspecified atom stereocenters. The minimum atomic E-state index is -0.0894. The van der Waals surface area contributed by atoms with Crippen LogP contribution in [0.1, 0.15) is 19.3 Å². The first-order chi connectivity index (χ1) is 10.2. The summed E-state index contributed by atoms with van der Waals surface area (Å²) in [6, 6.07) is 7.36. The highest BCUT2D eigenvalue weighted by molar-refractivity contribution is 5.90. The van der Waals surface area contributed by atoms with Crippen LogP contribution in [-0.2, 0) is 0 Å². The van der Waals surface area contributed by atoms with E-state index in [0.717, 1.165) is 32.0 Å². The summed E-state index contributed by atoms with van der Waals surface area (Å²) in [5.41, 5.74) is 0.707. The van der Waals surface area contributed by atoms with Gasteiger partial charge >= 0.3 is 6.03 Å². The number of rotatable bonds is 5. The molecule has 1 aliphatic rings. The van der Waals surface area contributed by atoms with Gasteiger partial charge in [-0.05, 0) is 50.4 Å². The summed E-state index contributed by atoms with van der Waals surface area (Å²) in [5, 5.41) is 6.26. The largest absolute Gasteiger partial charge is 0.495 e. The maximum absolute atomic E-state index is 12.2. The van der Waals surface area contributed by atoms with E-state index >= 15 is 0 Å². The Balaban J connectivity index is 1.81. The number of hydrogen-bond donors (Lipinski definition) is 2. The molecule has 1 heterocycles. The van der Waals surface area contributed by atoms with Gasteiger partial charge in [-0.25, -0.2) is 4.79 Å². The Bertz CT molecular complexity index is 459. The minimum absolute atomic E-state index is 0.0894. The summed E-state index contributed by atoms with van der Waals surface area (Å²) < 4.78 is 5.24. The summed E-state index contributed by atoms with van der Waals surface area (Å²) in [6.45, 7) is 2.98. The number of urea groups is 1. The van der Waals surface area contributed by atoms with Gasteiger partial charge in [0.15, 0.2) is 0 Å². The number of ether oxygens (including phenoxy) is 1. The van der Waals surface area contributed by atoms with Crippen molar-refractivity contribution in [1.29, 1.82) is 0 Å². The molecule has 116 valence electrons. The molecule has 5 nitrogen and oxygen atoms in total. The maximum Gasteiger partial charge on any atom is 0.321 e. The zero-order valence-corrected chi connectivity index (χ0v) is 12.9.